The molecule has 1 aliphatic carbocycles. The number of rotatable bonds is 9. The van der Waals surface area contributed by atoms with E-state index in [1.807, 2.05) is 0 Å². The van der Waals surface area contributed by atoms with Gasteiger partial charge >= 0.3 is 0 Å². The molecule has 0 saturated heterocycles. The van der Waals surface area contributed by atoms with Crippen LogP contribution in [0.1, 0.15) is 22.3 Å². The van der Waals surface area contributed by atoms with Crippen molar-refractivity contribution in [2.45, 2.75) is 25.0 Å². The maximum Gasteiger partial charge on any atom is 0.0714 e. The lowest BCUT2D eigenvalue weighted by Crippen LogP contribution is -2.28. The minimum atomic E-state index is -1.82. The molecule has 0 N–H and O–H groups in total. The molecule has 0 unspecified atom stereocenters. The quantitative estimate of drug-likeness (QED) is 0.142. The number of benzene rings is 9. The first-order valence-electron chi connectivity index (χ1n) is 19.6. The largest absolute Gasteiger partial charge is 0.310 e. The monoisotopic (exact) mass is 747 g/mol. The van der Waals surface area contributed by atoms with Crippen molar-refractivity contribution in [2.24, 2.45) is 0 Å². The third kappa shape index (κ3) is 5.64. The normalized spacial score (nSPS) is 13.0. The van der Waals surface area contributed by atoms with Gasteiger partial charge in [-0.05, 0) is 118 Å². The number of nitrogens with zero attached hydrogens (tertiary/aromatic N) is 1. The van der Waals surface area contributed by atoms with Crippen LogP contribution < -0.4 is 4.90 Å². The Kier molecular flexibility index (Phi) is 8.90. The molecule has 0 bridgehead atoms. The second kappa shape index (κ2) is 14.7. The van der Waals surface area contributed by atoms with E-state index in [0.717, 1.165) is 17.1 Å². The van der Waals surface area contributed by atoms with E-state index in [1.54, 1.807) is 0 Å². The van der Waals surface area contributed by atoms with Gasteiger partial charge in [-0.2, -0.15) is 0 Å². The zero-order valence-corrected chi connectivity index (χ0v) is 32.3. The van der Waals surface area contributed by atoms with E-state index in [1.165, 1.54) is 53.0 Å². The van der Waals surface area contributed by atoms with Crippen LogP contribution in [0.3, 0.4) is 0 Å². The standard InChI is InChI=1S/C55H41NS/c1-7-21-42(22-8-1)55(43-23-9-2-10-24-43)53-34-20-19-33-51(53)52-40-37-46(41-54(52)55)56(44-25-11-3-12-26-44)45-35-38-50(39-36-45)57(47-27-13-4-14-28-47,48-29-15-5-16-30-48)49-31-17-6-18-32-49/h1-41H. The predicted molar refractivity (Wildman–Crippen MR) is 238 cm³/mol. The van der Waals surface area contributed by atoms with Gasteiger partial charge in [0.1, 0.15) is 0 Å². The first kappa shape index (κ1) is 34.6. The van der Waals surface area contributed by atoms with Gasteiger partial charge in [0.05, 0.1) is 5.41 Å². The molecule has 0 fully saturated rings. The van der Waals surface area contributed by atoms with Crippen LogP contribution >= 0.6 is 10.0 Å². The Labute approximate surface area is 337 Å². The van der Waals surface area contributed by atoms with E-state index >= 15 is 0 Å². The number of fused-ring (bicyclic) bond motifs is 3. The highest BCUT2D eigenvalue weighted by molar-refractivity contribution is 8.34. The third-order valence-corrected chi connectivity index (χ3v) is 15.4. The first-order chi connectivity index (χ1) is 28.3. The average molecular weight is 748 g/mol. The molecule has 272 valence electrons. The number of hydrogen-bond donors (Lipinski definition) is 0. The Morgan fingerprint density at radius 3 is 1.16 bits per heavy atom. The van der Waals surface area contributed by atoms with E-state index in [4.69, 9.17) is 0 Å². The summed E-state index contributed by atoms with van der Waals surface area (Å²) in [5, 5.41) is 0. The van der Waals surface area contributed by atoms with Crippen molar-refractivity contribution in [3.05, 3.63) is 271 Å². The van der Waals surface area contributed by atoms with Crippen molar-refractivity contribution >= 4 is 27.1 Å². The summed E-state index contributed by atoms with van der Waals surface area (Å²) in [6.45, 7) is 0. The zero-order chi connectivity index (χ0) is 38.1. The molecule has 1 aliphatic rings. The molecule has 0 amide bonds. The molecule has 9 aromatic rings. The number of para-hydroxylation sites is 1. The van der Waals surface area contributed by atoms with Gasteiger partial charge in [-0.25, -0.2) is 0 Å². The van der Waals surface area contributed by atoms with Crippen molar-refractivity contribution in [1.29, 1.82) is 0 Å². The Morgan fingerprint density at radius 1 is 0.281 bits per heavy atom. The van der Waals surface area contributed by atoms with Crippen LogP contribution in [0, 0.1) is 0 Å². The summed E-state index contributed by atoms with van der Waals surface area (Å²) in [5.41, 5.74) is 10.5. The van der Waals surface area contributed by atoms with Gasteiger partial charge in [0.25, 0.3) is 0 Å². The highest BCUT2D eigenvalue weighted by atomic mass is 32.3. The predicted octanol–water partition coefficient (Wildman–Crippen LogP) is 14.9. The van der Waals surface area contributed by atoms with Crippen LogP contribution in [0.4, 0.5) is 17.1 Å². The van der Waals surface area contributed by atoms with E-state index < -0.39 is 15.4 Å². The lowest BCUT2D eigenvalue weighted by Gasteiger charge is -2.42. The van der Waals surface area contributed by atoms with Crippen LogP contribution in [0.2, 0.25) is 0 Å². The maximum absolute atomic E-state index is 2.45. The highest BCUT2D eigenvalue weighted by Gasteiger charge is 2.46. The Morgan fingerprint density at radius 2 is 0.649 bits per heavy atom. The minimum Gasteiger partial charge on any atom is -0.310 e. The molecule has 10 rings (SSSR count). The first-order valence-corrected chi connectivity index (χ1v) is 21.2. The molecule has 9 aromatic carbocycles. The number of hydrogen-bond acceptors (Lipinski definition) is 1. The van der Waals surface area contributed by atoms with Crippen LogP contribution in [-0.4, -0.2) is 0 Å². The third-order valence-electron chi connectivity index (χ3n) is 11.5. The summed E-state index contributed by atoms with van der Waals surface area (Å²) in [6.07, 6.45) is 0. The van der Waals surface area contributed by atoms with Crippen molar-refractivity contribution < 1.29 is 0 Å². The molecule has 2 heteroatoms. The smallest absolute Gasteiger partial charge is 0.0714 e. The summed E-state index contributed by atoms with van der Waals surface area (Å²) >= 11 is 0. The molecular formula is C55H41NS. The van der Waals surface area contributed by atoms with Gasteiger partial charge < -0.3 is 4.90 Å². The molecule has 0 heterocycles. The lowest BCUT2D eigenvalue weighted by atomic mass is 9.67. The van der Waals surface area contributed by atoms with Gasteiger partial charge in [-0.15, -0.1) is 10.0 Å². The summed E-state index contributed by atoms with van der Waals surface area (Å²) in [6, 6.07) is 91.5. The summed E-state index contributed by atoms with van der Waals surface area (Å²) in [5.74, 6) is 0. The molecule has 0 radical (unpaired) electrons. The fraction of sp³-hybridized carbons (Fsp3) is 0.0182. The van der Waals surface area contributed by atoms with Gasteiger partial charge in [0.15, 0.2) is 0 Å². The van der Waals surface area contributed by atoms with Crippen LogP contribution in [0.25, 0.3) is 11.1 Å². The Balaban J connectivity index is 1.19. The average Bonchev–Trinajstić information content (AvgIpc) is 3.60. The molecule has 0 spiro atoms. The molecule has 0 saturated carbocycles. The van der Waals surface area contributed by atoms with E-state index in [-0.39, 0.29) is 0 Å². The maximum atomic E-state index is 2.45. The Hall–Kier alpha value is -6.87. The van der Waals surface area contributed by atoms with E-state index in [2.05, 4.69) is 254 Å². The molecule has 0 aliphatic heterocycles. The van der Waals surface area contributed by atoms with Crippen LogP contribution in [0.15, 0.2) is 268 Å². The molecule has 0 aromatic heterocycles. The summed E-state index contributed by atoms with van der Waals surface area (Å²) in [7, 11) is -1.82. The van der Waals surface area contributed by atoms with Crippen LogP contribution in [-0.2, 0) is 5.41 Å². The second-order valence-corrected chi connectivity index (χ2v) is 17.6. The molecular weight excluding hydrogens is 707 g/mol. The van der Waals surface area contributed by atoms with Crippen LogP contribution in [0.5, 0.6) is 0 Å². The van der Waals surface area contributed by atoms with Gasteiger partial charge in [-0.3, -0.25) is 0 Å². The van der Waals surface area contributed by atoms with Crippen molar-refractivity contribution in [3.8, 4) is 11.1 Å². The number of anilines is 3. The van der Waals surface area contributed by atoms with Crippen molar-refractivity contribution in [1.82, 2.24) is 0 Å². The van der Waals surface area contributed by atoms with Gasteiger partial charge in [0, 0.05) is 36.6 Å². The van der Waals surface area contributed by atoms with Crippen molar-refractivity contribution in [3.63, 3.8) is 0 Å². The highest BCUT2D eigenvalue weighted by Crippen LogP contribution is 2.73. The topological polar surface area (TPSA) is 3.24 Å². The lowest BCUT2D eigenvalue weighted by molar-refractivity contribution is 0.768. The SMILES string of the molecule is c1ccc(N(c2ccc(S(c3ccccc3)(c3ccccc3)c3ccccc3)cc2)c2ccc3c(c2)C(c2ccccc2)(c2ccccc2)c2ccccc2-3)cc1. The summed E-state index contributed by atoms with van der Waals surface area (Å²) < 4.78 is 0. The molecule has 0 atom stereocenters. The van der Waals surface area contributed by atoms with E-state index in [9.17, 15) is 0 Å². The fourth-order valence-electron chi connectivity index (χ4n) is 9.09. The van der Waals surface area contributed by atoms with Gasteiger partial charge in [0.2, 0.25) is 0 Å². The Bertz CT molecular complexity index is 2620. The molecule has 1 nitrogen and oxygen atoms in total. The minimum absolute atomic E-state index is 0.485. The van der Waals surface area contributed by atoms with E-state index in [0.29, 0.717) is 0 Å². The molecule has 57 heavy (non-hydrogen) atoms. The second-order valence-electron chi connectivity index (χ2n) is 14.5. The van der Waals surface area contributed by atoms with Crippen molar-refractivity contribution in [2.75, 3.05) is 4.90 Å². The summed E-state index contributed by atoms with van der Waals surface area (Å²) in [4.78, 5) is 7.64. The zero-order valence-electron chi connectivity index (χ0n) is 31.5. The fourth-order valence-corrected chi connectivity index (χ4v) is 13.0. The van der Waals surface area contributed by atoms with Gasteiger partial charge in [-0.1, -0.05) is 164 Å².